The molecule has 1 rings (SSSR count). The predicted molar refractivity (Wildman–Crippen MR) is 34.8 cm³/mol. The largest absolute Gasteiger partial charge is 0.460 e. The quantitative estimate of drug-likeness (QED) is 0.517. The molecule has 0 aliphatic rings. The summed E-state index contributed by atoms with van der Waals surface area (Å²) in [6.45, 7) is 0. The van der Waals surface area contributed by atoms with Gasteiger partial charge in [0, 0.05) is 0 Å². The number of ether oxygens (including phenoxy) is 1. The Kier molecular flexibility index (Phi) is 2.14. The highest BCUT2D eigenvalue weighted by atomic mass is 16.5. The van der Waals surface area contributed by atoms with Gasteiger partial charge >= 0.3 is 0 Å². The lowest BCUT2D eigenvalue weighted by Crippen LogP contribution is -2.36. The van der Waals surface area contributed by atoms with Crippen LogP contribution in [0.5, 0.6) is 5.75 Å². The smallest absolute Gasteiger partial charge is 0.202 e. The Balaban J connectivity index is 2.59. The van der Waals surface area contributed by atoms with Crippen molar-refractivity contribution in [3.63, 3.8) is 0 Å². The fourth-order valence-corrected chi connectivity index (χ4v) is 0.503. The summed E-state index contributed by atoms with van der Waals surface area (Å²) in [5.74, 6) is 0.470. The van der Waals surface area contributed by atoms with Crippen molar-refractivity contribution in [1.82, 2.24) is 9.97 Å². The summed E-state index contributed by atoms with van der Waals surface area (Å²) in [5, 5.41) is 0. The second kappa shape index (κ2) is 3.09. The summed E-state index contributed by atoms with van der Waals surface area (Å²) < 4.78 is 4.84. The number of nitrogens with zero attached hydrogens (tertiary/aromatic N) is 2. The van der Waals surface area contributed by atoms with Crippen LogP contribution in [0.15, 0.2) is 18.7 Å². The fraction of sp³-hybridized carbons (Fsp3) is 0.200. The van der Waals surface area contributed by atoms with Crippen LogP contribution in [-0.4, -0.2) is 16.3 Å². The van der Waals surface area contributed by atoms with Gasteiger partial charge in [0.25, 0.3) is 0 Å². The molecule has 0 unspecified atom stereocenters. The average molecular weight is 140 g/mol. The molecule has 5 nitrogen and oxygen atoms in total. The van der Waals surface area contributed by atoms with Crippen molar-refractivity contribution in [2.75, 3.05) is 0 Å². The first-order chi connectivity index (χ1) is 4.79. The molecule has 54 valence electrons. The van der Waals surface area contributed by atoms with E-state index >= 15 is 0 Å². The number of hydrogen-bond donors (Lipinski definition) is 2. The van der Waals surface area contributed by atoms with E-state index in [4.69, 9.17) is 16.2 Å². The van der Waals surface area contributed by atoms with E-state index in [1.54, 1.807) is 0 Å². The van der Waals surface area contributed by atoms with Gasteiger partial charge in [-0.15, -0.1) is 0 Å². The van der Waals surface area contributed by atoms with Gasteiger partial charge in [-0.2, -0.15) is 0 Å². The van der Waals surface area contributed by atoms with Crippen LogP contribution in [-0.2, 0) is 0 Å². The highest BCUT2D eigenvalue weighted by Gasteiger charge is 1.94. The summed E-state index contributed by atoms with van der Waals surface area (Å²) >= 11 is 0. The van der Waals surface area contributed by atoms with Crippen LogP contribution in [0, 0.1) is 0 Å². The predicted octanol–water partition coefficient (Wildman–Crippen LogP) is -0.944. The van der Waals surface area contributed by atoms with E-state index in [-0.39, 0.29) is 0 Å². The van der Waals surface area contributed by atoms with E-state index in [0.29, 0.717) is 5.75 Å². The maximum Gasteiger partial charge on any atom is 0.202 e. The van der Waals surface area contributed by atoms with Gasteiger partial charge < -0.3 is 4.74 Å². The second-order valence-electron chi connectivity index (χ2n) is 1.66. The zero-order chi connectivity index (χ0) is 7.40. The van der Waals surface area contributed by atoms with E-state index in [9.17, 15) is 0 Å². The van der Waals surface area contributed by atoms with Crippen LogP contribution in [0.4, 0.5) is 0 Å². The molecule has 1 aromatic rings. The van der Waals surface area contributed by atoms with Crippen molar-refractivity contribution >= 4 is 0 Å². The van der Waals surface area contributed by atoms with Crippen molar-refractivity contribution < 1.29 is 4.74 Å². The third kappa shape index (κ3) is 1.96. The molecule has 0 aliphatic carbocycles. The Morgan fingerprint density at radius 3 is 2.40 bits per heavy atom. The lowest BCUT2D eigenvalue weighted by Gasteiger charge is -2.06. The van der Waals surface area contributed by atoms with E-state index in [2.05, 4.69) is 9.97 Å². The van der Waals surface area contributed by atoms with Gasteiger partial charge in [-0.25, -0.2) is 9.97 Å². The zero-order valence-electron chi connectivity index (χ0n) is 5.27. The molecule has 0 aliphatic heterocycles. The first kappa shape index (κ1) is 6.91. The van der Waals surface area contributed by atoms with Crippen LogP contribution < -0.4 is 16.2 Å². The van der Waals surface area contributed by atoms with Gasteiger partial charge in [0.05, 0.1) is 12.4 Å². The first-order valence-corrected chi connectivity index (χ1v) is 2.72. The standard InChI is InChI=1S/C5H8N4O/c6-5(7)10-4-1-8-3-9-2-4/h1-3,5H,6-7H2. The van der Waals surface area contributed by atoms with Gasteiger partial charge in [-0.1, -0.05) is 0 Å². The third-order valence-electron chi connectivity index (χ3n) is 0.809. The Morgan fingerprint density at radius 1 is 1.30 bits per heavy atom. The zero-order valence-corrected chi connectivity index (χ0v) is 5.27. The van der Waals surface area contributed by atoms with Crippen LogP contribution >= 0.6 is 0 Å². The molecule has 0 saturated heterocycles. The topological polar surface area (TPSA) is 87.0 Å². The highest BCUT2D eigenvalue weighted by Crippen LogP contribution is 2.02. The summed E-state index contributed by atoms with van der Waals surface area (Å²) in [6.07, 6.45) is 3.56. The highest BCUT2D eigenvalue weighted by molar-refractivity contribution is 5.09. The number of nitrogens with two attached hydrogens (primary N) is 2. The molecule has 5 heteroatoms. The summed E-state index contributed by atoms with van der Waals surface area (Å²) in [5.41, 5.74) is 10.2. The minimum absolute atomic E-state index is 0.470. The number of hydrogen-bond acceptors (Lipinski definition) is 5. The monoisotopic (exact) mass is 140 g/mol. The molecule has 1 heterocycles. The first-order valence-electron chi connectivity index (χ1n) is 2.72. The molecule has 0 atom stereocenters. The van der Waals surface area contributed by atoms with Gasteiger partial charge in [0.15, 0.2) is 5.75 Å². The Morgan fingerprint density at radius 2 is 1.90 bits per heavy atom. The van der Waals surface area contributed by atoms with Gasteiger partial charge in [0.2, 0.25) is 6.35 Å². The Labute approximate surface area is 58.0 Å². The molecule has 4 N–H and O–H groups in total. The molecule has 0 fully saturated rings. The molecule has 0 radical (unpaired) electrons. The van der Waals surface area contributed by atoms with Crippen molar-refractivity contribution in [1.29, 1.82) is 0 Å². The van der Waals surface area contributed by atoms with Crippen molar-refractivity contribution in [2.24, 2.45) is 11.5 Å². The average Bonchev–Trinajstić information content (AvgIpc) is 1.88. The molecule has 0 spiro atoms. The third-order valence-corrected chi connectivity index (χ3v) is 0.809. The minimum atomic E-state index is -0.814. The molecule has 1 aromatic heterocycles. The molecule has 0 saturated carbocycles. The summed E-state index contributed by atoms with van der Waals surface area (Å²) in [4.78, 5) is 7.38. The van der Waals surface area contributed by atoms with Crippen molar-refractivity contribution in [2.45, 2.75) is 6.35 Å². The van der Waals surface area contributed by atoms with E-state index < -0.39 is 6.35 Å². The Hall–Kier alpha value is -1.20. The molecule has 0 bridgehead atoms. The van der Waals surface area contributed by atoms with Crippen LogP contribution in [0.3, 0.4) is 0 Å². The molecule has 0 aromatic carbocycles. The lowest BCUT2D eigenvalue weighted by atomic mass is 10.6. The van der Waals surface area contributed by atoms with E-state index in [1.165, 1.54) is 18.7 Å². The van der Waals surface area contributed by atoms with Gasteiger partial charge in [-0.05, 0) is 0 Å². The second-order valence-corrected chi connectivity index (χ2v) is 1.66. The lowest BCUT2D eigenvalue weighted by molar-refractivity contribution is 0.216. The number of aromatic nitrogens is 2. The van der Waals surface area contributed by atoms with E-state index in [1.807, 2.05) is 0 Å². The summed E-state index contributed by atoms with van der Waals surface area (Å²) in [7, 11) is 0. The maximum atomic E-state index is 5.12. The SMILES string of the molecule is NC(N)Oc1cncnc1. The normalized spacial score (nSPS) is 9.90. The molecular weight excluding hydrogens is 132 g/mol. The van der Waals surface area contributed by atoms with Crippen LogP contribution in [0.25, 0.3) is 0 Å². The molecule has 10 heavy (non-hydrogen) atoms. The Bertz CT molecular complexity index is 188. The number of rotatable bonds is 2. The molecule has 0 amide bonds. The van der Waals surface area contributed by atoms with Crippen LogP contribution in [0.2, 0.25) is 0 Å². The fourth-order valence-electron chi connectivity index (χ4n) is 0.503. The van der Waals surface area contributed by atoms with Gasteiger partial charge in [0.1, 0.15) is 6.33 Å². The van der Waals surface area contributed by atoms with E-state index in [0.717, 1.165) is 0 Å². The molecular formula is C5H8N4O. The van der Waals surface area contributed by atoms with Crippen molar-refractivity contribution in [3.8, 4) is 5.75 Å². The minimum Gasteiger partial charge on any atom is -0.460 e. The maximum absolute atomic E-state index is 5.12. The summed E-state index contributed by atoms with van der Waals surface area (Å²) in [6, 6.07) is 0. The van der Waals surface area contributed by atoms with Gasteiger partial charge in [-0.3, -0.25) is 11.5 Å². The van der Waals surface area contributed by atoms with Crippen LogP contribution in [0.1, 0.15) is 0 Å². The van der Waals surface area contributed by atoms with Crippen molar-refractivity contribution in [3.05, 3.63) is 18.7 Å².